The van der Waals surface area contributed by atoms with Crippen molar-refractivity contribution in [3.8, 4) is 0 Å². The molecule has 10 aromatic rings. The zero-order chi connectivity index (χ0) is 46.9. The number of carbonyl (C=O) groups is 3. The zero-order valence-electron chi connectivity index (χ0n) is 37.5. The van der Waals surface area contributed by atoms with Crippen molar-refractivity contribution in [2.45, 2.75) is 0 Å². The summed E-state index contributed by atoms with van der Waals surface area (Å²) in [5.74, 6) is -0.945. The summed E-state index contributed by atoms with van der Waals surface area (Å²) >= 11 is 0. The Morgan fingerprint density at radius 3 is 0.522 bits per heavy atom. The number of benzene rings is 10. The molecule has 69 heavy (non-hydrogen) atoms. The lowest BCUT2D eigenvalue weighted by atomic mass is 9.92. The van der Waals surface area contributed by atoms with Crippen LogP contribution in [0.5, 0.6) is 0 Å². The maximum atomic E-state index is 14.6. The molecule has 10 rings (SSSR count). The Labute approximate surface area is 402 Å². The Morgan fingerprint density at radius 1 is 0.188 bits per heavy atom. The first kappa shape index (κ1) is 43.5. The molecule has 0 spiro atoms. The Hall–Kier alpha value is -9.39. The van der Waals surface area contributed by atoms with Crippen molar-refractivity contribution in [3.05, 3.63) is 306 Å². The second-order valence-corrected chi connectivity index (χ2v) is 16.4. The zero-order valence-corrected chi connectivity index (χ0v) is 37.5. The van der Waals surface area contributed by atoms with Crippen molar-refractivity contribution in [1.29, 1.82) is 0 Å². The van der Waals surface area contributed by atoms with Gasteiger partial charge < -0.3 is 14.7 Å². The maximum absolute atomic E-state index is 14.6. The van der Waals surface area contributed by atoms with Crippen LogP contribution < -0.4 is 14.7 Å². The summed E-state index contributed by atoms with van der Waals surface area (Å²) in [6, 6.07) is 87.3. The fourth-order valence-corrected chi connectivity index (χ4v) is 8.61. The van der Waals surface area contributed by atoms with E-state index in [9.17, 15) is 14.4 Å². The van der Waals surface area contributed by atoms with Crippen molar-refractivity contribution in [1.82, 2.24) is 0 Å². The van der Waals surface area contributed by atoms with Gasteiger partial charge in [-0.05, 0) is 164 Å². The average molecular weight is 892 g/mol. The smallest absolute Gasteiger partial charge is 0.193 e. The van der Waals surface area contributed by atoms with Gasteiger partial charge in [0.15, 0.2) is 17.3 Å². The molecule has 0 aromatic heterocycles. The highest BCUT2D eigenvalue weighted by molar-refractivity contribution is 6.17. The topological polar surface area (TPSA) is 60.9 Å². The molecule has 0 heterocycles. The van der Waals surface area contributed by atoms with E-state index in [0.717, 1.165) is 51.2 Å². The number of carbonyl (C=O) groups excluding carboxylic acids is 3. The molecule has 10 aromatic carbocycles. The van der Waals surface area contributed by atoms with E-state index in [0.29, 0.717) is 16.7 Å². The maximum Gasteiger partial charge on any atom is 0.193 e. The van der Waals surface area contributed by atoms with E-state index in [1.807, 2.05) is 218 Å². The monoisotopic (exact) mass is 891 g/mol. The Kier molecular flexibility index (Phi) is 12.6. The van der Waals surface area contributed by atoms with Crippen molar-refractivity contribution >= 4 is 68.5 Å². The fraction of sp³-hybridized carbons (Fsp3) is 0. The van der Waals surface area contributed by atoms with Crippen LogP contribution in [0.25, 0.3) is 0 Å². The number of nitrogens with zero attached hydrogens (tertiary/aromatic N) is 3. The summed E-state index contributed by atoms with van der Waals surface area (Å²) in [7, 11) is 0. The number of anilines is 9. The molecule has 330 valence electrons. The summed E-state index contributed by atoms with van der Waals surface area (Å²) in [4.78, 5) is 50.2. The minimum Gasteiger partial charge on any atom is -0.311 e. The van der Waals surface area contributed by atoms with E-state index in [1.165, 1.54) is 0 Å². The number of rotatable bonds is 15. The number of hydrogen-bond donors (Lipinski definition) is 0. The van der Waals surface area contributed by atoms with Gasteiger partial charge in [0.1, 0.15) is 0 Å². The molecule has 0 N–H and O–H groups in total. The molecule has 0 bridgehead atoms. The van der Waals surface area contributed by atoms with Crippen LogP contribution in [0.4, 0.5) is 51.2 Å². The summed E-state index contributed by atoms with van der Waals surface area (Å²) in [5.41, 5.74) is 10.4. The fourth-order valence-electron chi connectivity index (χ4n) is 8.61. The lowest BCUT2D eigenvalue weighted by Crippen LogP contribution is -2.13. The highest BCUT2D eigenvalue weighted by atomic mass is 16.1. The highest BCUT2D eigenvalue weighted by Crippen LogP contribution is 2.37. The summed E-state index contributed by atoms with van der Waals surface area (Å²) in [5, 5.41) is 0. The van der Waals surface area contributed by atoms with Crippen LogP contribution in [0.3, 0.4) is 0 Å². The van der Waals surface area contributed by atoms with Crippen LogP contribution in [0.2, 0.25) is 0 Å². The van der Waals surface area contributed by atoms with Crippen molar-refractivity contribution in [2.75, 3.05) is 14.7 Å². The molecule has 0 unspecified atom stereocenters. The molecule has 6 heteroatoms. The van der Waals surface area contributed by atoms with Gasteiger partial charge in [-0.3, -0.25) is 14.4 Å². The van der Waals surface area contributed by atoms with E-state index in [-0.39, 0.29) is 34.0 Å². The van der Waals surface area contributed by atoms with E-state index in [4.69, 9.17) is 0 Å². The molecule has 0 aliphatic heterocycles. The minimum absolute atomic E-state index is 0.229. The first-order valence-electron chi connectivity index (χ1n) is 22.8. The van der Waals surface area contributed by atoms with Gasteiger partial charge in [-0.1, -0.05) is 109 Å². The van der Waals surface area contributed by atoms with Gasteiger partial charge in [0.05, 0.1) is 0 Å². The van der Waals surface area contributed by atoms with E-state index >= 15 is 0 Å². The summed E-state index contributed by atoms with van der Waals surface area (Å²) in [6.45, 7) is 0. The molecule has 0 fully saturated rings. The second kappa shape index (κ2) is 20.0. The highest BCUT2D eigenvalue weighted by Gasteiger charge is 2.22. The molecule has 0 atom stereocenters. The summed E-state index contributed by atoms with van der Waals surface area (Å²) in [6.07, 6.45) is 0. The van der Waals surface area contributed by atoms with Crippen LogP contribution in [0.1, 0.15) is 47.8 Å². The third kappa shape index (κ3) is 9.50. The van der Waals surface area contributed by atoms with Crippen LogP contribution in [0.15, 0.2) is 273 Å². The van der Waals surface area contributed by atoms with Crippen LogP contribution in [0, 0.1) is 0 Å². The van der Waals surface area contributed by atoms with Crippen LogP contribution in [-0.4, -0.2) is 17.3 Å². The van der Waals surface area contributed by atoms with Crippen LogP contribution >= 0.6 is 0 Å². The standard InChI is InChI=1S/C63H45N3O3/c67-61(46-31-37-58(38-32-46)64(52-19-7-1-8-20-52)53-21-9-2-10-22-53)49-43-50(62(68)47-33-39-59(40-34-47)65(54-23-11-3-12-24-54)55-25-13-4-14-26-55)45-51(44-49)63(69)48-35-41-60(42-36-48)66(56-27-15-5-16-28-56)57-29-17-6-18-30-57/h1-45H. The van der Waals surface area contributed by atoms with Crippen LogP contribution in [-0.2, 0) is 0 Å². The normalized spacial score (nSPS) is 10.8. The Bertz CT molecular complexity index is 2840. The molecule has 6 nitrogen and oxygen atoms in total. The number of ketones is 3. The molecule has 0 amide bonds. The molecule has 0 saturated heterocycles. The minimum atomic E-state index is -0.315. The lowest BCUT2D eigenvalue weighted by molar-refractivity contribution is 0.103. The first-order valence-corrected chi connectivity index (χ1v) is 22.8. The van der Waals surface area contributed by atoms with E-state index < -0.39 is 0 Å². The van der Waals surface area contributed by atoms with Gasteiger partial charge in [-0.25, -0.2) is 0 Å². The molecular formula is C63H45N3O3. The Balaban J connectivity index is 1.01. The van der Waals surface area contributed by atoms with Gasteiger partial charge in [-0.15, -0.1) is 0 Å². The predicted molar refractivity (Wildman–Crippen MR) is 280 cm³/mol. The number of para-hydroxylation sites is 6. The summed E-state index contributed by atoms with van der Waals surface area (Å²) < 4.78 is 0. The second-order valence-electron chi connectivity index (χ2n) is 16.4. The van der Waals surface area contributed by atoms with Crippen molar-refractivity contribution in [3.63, 3.8) is 0 Å². The van der Waals surface area contributed by atoms with E-state index in [2.05, 4.69) is 14.7 Å². The SMILES string of the molecule is O=C(c1ccc(N(c2ccccc2)c2ccccc2)cc1)c1cc(C(=O)c2ccc(N(c3ccccc3)c3ccccc3)cc2)cc(C(=O)c2ccc(N(c3ccccc3)c3ccccc3)cc2)c1. The molecular weight excluding hydrogens is 847 g/mol. The Morgan fingerprint density at radius 2 is 0.348 bits per heavy atom. The lowest BCUT2D eigenvalue weighted by Gasteiger charge is -2.25. The van der Waals surface area contributed by atoms with Crippen molar-refractivity contribution < 1.29 is 14.4 Å². The van der Waals surface area contributed by atoms with Gasteiger partial charge >= 0.3 is 0 Å². The van der Waals surface area contributed by atoms with Crippen molar-refractivity contribution in [2.24, 2.45) is 0 Å². The molecule has 0 aliphatic rings. The van der Waals surface area contributed by atoms with E-state index in [1.54, 1.807) is 54.6 Å². The van der Waals surface area contributed by atoms with Gasteiger partial charge in [0.25, 0.3) is 0 Å². The predicted octanol–water partition coefficient (Wildman–Crippen LogP) is 15.8. The van der Waals surface area contributed by atoms with Gasteiger partial charge in [0, 0.05) is 84.6 Å². The third-order valence-electron chi connectivity index (χ3n) is 12.0. The molecule has 0 saturated carbocycles. The largest absolute Gasteiger partial charge is 0.311 e. The third-order valence-corrected chi connectivity index (χ3v) is 12.0. The number of hydrogen-bond acceptors (Lipinski definition) is 6. The van der Waals surface area contributed by atoms with Gasteiger partial charge in [-0.2, -0.15) is 0 Å². The van der Waals surface area contributed by atoms with Gasteiger partial charge in [0.2, 0.25) is 0 Å². The molecule has 0 radical (unpaired) electrons. The quantitative estimate of drug-likeness (QED) is 0.0956. The average Bonchev–Trinajstić information content (AvgIpc) is 3.43. The molecule has 0 aliphatic carbocycles. The first-order chi connectivity index (χ1) is 34.0.